The predicted molar refractivity (Wildman–Crippen MR) is 145 cm³/mol. The number of aliphatic hydroxyl groups is 1. The second-order valence-corrected chi connectivity index (χ2v) is 10.2. The largest absolute Gasteiger partial charge is 0.382 e. The average molecular weight is 518 g/mol. The minimum atomic E-state index is -1.45. The molecule has 1 saturated heterocycles. The Morgan fingerprint density at radius 3 is 2.37 bits per heavy atom. The van der Waals surface area contributed by atoms with Crippen LogP contribution in [-0.4, -0.2) is 50.4 Å². The molecule has 0 aliphatic carbocycles. The molecule has 5 rings (SSSR count). The van der Waals surface area contributed by atoms with Gasteiger partial charge in [-0.15, -0.1) is 0 Å². The van der Waals surface area contributed by atoms with Crippen LogP contribution in [0, 0.1) is 18.6 Å². The number of β-amino-alcohol motifs (C(OH)–C–C–N with tert-alkyl or cyclic N) is 1. The first kappa shape index (κ1) is 26.0. The third-order valence-corrected chi connectivity index (χ3v) is 7.26. The Morgan fingerprint density at radius 2 is 1.68 bits per heavy atom. The molecule has 4 aromatic rings. The highest BCUT2D eigenvalue weighted by molar-refractivity contribution is 5.66. The molecule has 0 radical (unpaired) electrons. The first-order valence-corrected chi connectivity index (χ1v) is 13.0. The third kappa shape index (κ3) is 6.26. The highest BCUT2D eigenvalue weighted by Crippen LogP contribution is 2.29. The lowest BCUT2D eigenvalue weighted by molar-refractivity contribution is -0.0209. The fraction of sp³-hybridized carbons (Fsp3) is 0.333. The Hall–Kier alpha value is -3.62. The zero-order valence-electron chi connectivity index (χ0n) is 21.5. The lowest BCUT2D eigenvalue weighted by atomic mass is 9.91. The van der Waals surface area contributed by atoms with Crippen molar-refractivity contribution in [1.29, 1.82) is 0 Å². The summed E-state index contributed by atoms with van der Waals surface area (Å²) in [7, 11) is 0. The summed E-state index contributed by atoms with van der Waals surface area (Å²) in [6.07, 6.45) is 5.81. The van der Waals surface area contributed by atoms with Gasteiger partial charge in [-0.05, 0) is 79.8 Å². The first-order chi connectivity index (χ1) is 18.4. The second kappa shape index (κ2) is 11.4. The lowest BCUT2D eigenvalue weighted by Crippen LogP contribution is -2.45. The van der Waals surface area contributed by atoms with Crippen LogP contribution >= 0.6 is 0 Å². The molecule has 1 aliphatic heterocycles. The number of anilines is 1. The van der Waals surface area contributed by atoms with Crippen LogP contribution in [0.3, 0.4) is 0 Å². The number of benzene rings is 3. The van der Waals surface area contributed by atoms with Gasteiger partial charge < -0.3 is 10.4 Å². The van der Waals surface area contributed by atoms with Gasteiger partial charge in [-0.25, -0.2) is 18.4 Å². The molecule has 8 heteroatoms. The molecule has 38 heavy (non-hydrogen) atoms. The summed E-state index contributed by atoms with van der Waals surface area (Å²) in [5.74, 6) is -0.652. The zero-order chi connectivity index (χ0) is 26.5. The van der Waals surface area contributed by atoms with Crippen molar-refractivity contribution in [3.05, 3.63) is 102 Å². The van der Waals surface area contributed by atoms with Crippen LogP contribution in [0.1, 0.15) is 30.4 Å². The van der Waals surface area contributed by atoms with Gasteiger partial charge in [0, 0.05) is 30.4 Å². The average Bonchev–Trinajstić information content (AvgIpc) is 3.31. The summed E-state index contributed by atoms with van der Waals surface area (Å²) in [6.45, 7) is 3.84. The molecule has 0 saturated carbocycles. The Bertz CT molecular complexity index is 1330. The van der Waals surface area contributed by atoms with Gasteiger partial charge in [-0.2, -0.15) is 5.10 Å². The molecule has 2 unspecified atom stereocenters. The van der Waals surface area contributed by atoms with Gasteiger partial charge in [-0.1, -0.05) is 36.4 Å². The quantitative estimate of drug-likeness (QED) is 0.328. The van der Waals surface area contributed by atoms with E-state index < -0.39 is 11.4 Å². The summed E-state index contributed by atoms with van der Waals surface area (Å²) in [5, 5.41) is 19.6. The van der Waals surface area contributed by atoms with E-state index in [4.69, 9.17) is 0 Å². The van der Waals surface area contributed by atoms with Crippen LogP contribution in [0.4, 0.5) is 14.5 Å². The number of hydrogen-bond donors (Lipinski definition) is 2. The van der Waals surface area contributed by atoms with Gasteiger partial charge in [0.2, 0.25) is 0 Å². The highest BCUT2D eigenvalue weighted by atomic mass is 19.1. The van der Waals surface area contributed by atoms with Crippen molar-refractivity contribution >= 4 is 5.69 Å². The molecule has 2 N–H and O–H groups in total. The fourth-order valence-electron chi connectivity index (χ4n) is 5.27. The number of likely N-dealkylation sites (tertiary alicyclic amines) is 1. The minimum absolute atomic E-state index is 0.117. The topological polar surface area (TPSA) is 66.2 Å². The summed E-state index contributed by atoms with van der Waals surface area (Å²) >= 11 is 0. The molecule has 2 atom stereocenters. The summed E-state index contributed by atoms with van der Waals surface area (Å²) in [5.41, 5.74) is 2.69. The molecule has 1 fully saturated rings. The number of nitrogens with zero attached hydrogens (tertiary/aromatic N) is 4. The van der Waals surface area contributed by atoms with Crippen molar-refractivity contribution in [2.75, 3.05) is 25.0 Å². The van der Waals surface area contributed by atoms with Crippen LogP contribution in [0.25, 0.3) is 11.1 Å². The molecule has 3 aromatic carbocycles. The zero-order valence-corrected chi connectivity index (χ0v) is 21.5. The molecule has 2 heterocycles. The van der Waals surface area contributed by atoms with E-state index >= 15 is 4.39 Å². The van der Waals surface area contributed by atoms with Gasteiger partial charge in [0.15, 0.2) is 0 Å². The van der Waals surface area contributed by atoms with Crippen molar-refractivity contribution in [1.82, 2.24) is 19.7 Å². The smallest absolute Gasteiger partial charge is 0.137 e. The van der Waals surface area contributed by atoms with Crippen LogP contribution in [0.15, 0.2) is 79.4 Å². The van der Waals surface area contributed by atoms with E-state index in [1.54, 1.807) is 29.2 Å². The van der Waals surface area contributed by atoms with Crippen molar-refractivity contribution in [2.45, 2.75) is 44.4 Å². The Labute approximate surface area is 222 Å². The molecular weight excluding hydrogens is 484 g/mol. The molecule has 0 amide bonds. The minimum Gasteiger partial charge on any atom is -0.382 e. The van der Waals surface area contributed by atoms with Gasteiger partial charge in [0.25, 0.3) is 0 Å². The monoisotopic (exact) mass is 517 g/mol. The van der Waals surface area contributed by atoms with Crippen molar-refractivity contribution in [3.8, 4) is 11.1 Å². The number of halogens is 2. The van der Waals surface area contributed by atoms with Crippen LogP contribution in [0.2, 0.25) is 0 Å². The number of aryl methyl sites for hydroxylation is 1. The van der Waals surface area contributed by atoms with E-state index in [-0.39, 0.29) is 24.0 Å². The van der Waals surface area contributed by atoms with Crippen molar-refractivity contribution in [3.63, 3.8) is 0 Å². The number of hydrogen-bond acceptors (Lipinski definition) is 5. The maximum atomic E-state index is 15.0. The maximum absolute atomic E-state index is 15.0. The van der Waals surface area contributed by atoms with Crippen LogP contribution in [-0.2, 0) is 12.1 Å². The standard InChI is InChI=1S/C30H33F2N5O/c1-22-4-13-28(29(32)17-22)30(38,19-37-21-33-20-34-37)18-36-15-2-3-26(14-16-36)35-27-11-7-24(8-12-27)23-5-9-25(31)10-6-23/h4-13,17,20-21,26,35,38H,2-3,14-16,18-19H2,1H3. The van der Waals surface area contributed by atoms with Crippen molar-refractivity contribution < 1.29 is 13.9 Å². The van der Waals surface area contributed by atoms with Gasteiger partial charge in [-0.3, -0.25) is 4.90 Å². The number of rotatable bonds is 8. The second-order valence-electron chi connectivity index (χ2n) is 10.2. The first-order valence-electron chi connectivity index (χ1n) is 13.0. The summed E-state index contributed by atoms with van der Waals surface area (Å²) in [6, 6.07) is 20.0. The molecule has 0 bridgehead atoms. The SMILES string of the molecule is Cc1ccc(C(O)(CN2CCCC(Nc3ccc(-c4ccc(F)cc4)cc3)CC2)Cn2cncn2)c(F)c1. The van der Waals surface area contributed by atoms with E-state index in [9.17, 15) is 9.50 Å². The van der Waals surface area contributed by atoms with Gasteiger partial charge >= 0.3 is 0 Å². The normalized spacial score (nSPS) is 18.1. The molecular formula is C30H33F2N5O. The van der Waals surface area contributed by atoms with E-state index in [0.717, 1.165) is 54.7 Å². The molecule has 0 spiro atoms. The Balaban J connectivity index is 1.24. The van der Waals surface area contributed by atoms with Crippen LogP contribution < -0.4 is 5.32 Å². The summed E-state index contributed by atoms with van der Waals surface area (Å²) in [4.78, 5) is 6.20. The lowest BCUT2D eigenvalue weighted by Gasteiger charge is -2.34. The number of nitrogens with one attached hydrogen (secondary N) is 1. The molecule has 198 valence electrons. The number of aromatic nitrogens is 3. The third-order valence-electron chi connectivity index (χ3n) is 7.26. The fourth-order valence-corrected chi connectivity index (χ4v) is 5.27. The van der Waals surface area contributed by atoms with E-state index in [0.29, 0.717) is 6.54 Å². The highest BCUT2D eigenvalue weighted by Gasteiger charge is 2.36. The van der Waals surface area contributed by atoms with Crippen molar-refractivity contribution in [2.24, 2.45) is 0 Å². The van der Waals surface area contributed by atoms with E-state index in [2.05, 4.69) is 32.4 Å². The van der Waals surface area contributed by atoms with E-state index in [1.807, 2.05) is 25.1 Å². The van der Waals surface area contributed by atoms with Crippen LogP contribution in [0.5, 0.6) is 0 Å². The molecule has 6 nitrogen and oxygen atoms in total. The maximum Gasteiger partial charge on any atom is 0.137 e. The van der Waals surface area contributed by atoms with Gasteiger partial charge in [0.05, 0.1) is 6.54 Å². The molecule has 1 aromatic heterocycles. The Morgan fingerprint density at radius 1 is 0.947 bits per heavy atom. The van der Waals surface area contributed by atoms with E-state index in [1.165, 1.54) is 24.5 Å². The predicted octanol–water partition coefficient (Wildman–Crippen LogP) is 5.39. The summed E-state index contributed by atoms with van der Waals surface area (Å²) < 4.78 is 29.8. The molecule has 1 aliphatic rings. The Kier molecular flexibility index (Phi) is 7.81. The van der Waals surface area contributed by atoms with Gasteiger partial charge in [0.1, 0.15) is 29.9 Å².